The molecular formula is C29H30BBrCl2F8O8S2. The van der Waals surface area contributed by atoms with Crippen molar-refractivity contribution in [1.82, 2.24) is 0 Å². The van der Waals surface area contributed by atoms with Gasteiger partial charge in [-0.15, -0.1) is 0 Å². The van der Waals surface area contributed by atoms with Gasteiger partial charge in [-0.25, -0.2) is 8.78 Å². The summed E-state index contributed by atoms with van der Waals surface area (Å²) in [5.41, 5.74) is -9.90. The second-order valence-electron chi connectivity index (χ2n) is 8.62. The third-order valence-electron chi connectivity index (χ3n) is 5.14. The summed E-state index contributed by atoms with van der Waals surface area (Å²) in [6.07, 6.45) is 0. The summed E-state index contributed by atoms with van der Waals surface area (Å²) < 4.78 is 149. The highest BCUT2D eigenvalue weighted by molar-refractivity contribution is 9.10. The van der Waals surface area contributed by atoms with E-state index in [0.717, 1.165) is 30.3 Å². The molecule has 4 aromatic carbocycles. The zero-order valence-electron chi connectivity index (χ0n) is 23.0. The lowest BCUT2D eigenvalue weighted by Gasteiger charge is -2.11. The first kappa shape index (κ1) is 50.0. The quantitative estimate of drug-likeness (QED) is 0.0850. The van der Waals surface area contributed by atoms with Gasteiger partial charge in [0.25, 0.3) is 0 Å². The van der Waals surface area contributed by atoms with Crippen LogP contribution in [0.5, 0.6) is 11.5 Å². The Kier molecular flexibility index (Phi) is 19.8. The van der Waals surface area contributed by atoms with Crippen molar-refractivity contribution in [3.05, 3.63) is 111 Å². The van der Waals surface area contributed by atoms with E-state index < -0.39 is 61.5 Å². The molecule has 0 amide bonds. The highest BCUT2D eigenvalue weighted by Crippen LogP contribution is 2.32. The third kappa shape index (κ3) is 15.2. The number of benzene rings is 4. The van der Waals surface area contributed by atoms with E-state index in [2.05, 4.69) is 24.3 Å². The predicted molar refractivity (Wildman–Crippen MR) is 186 cm³/mol. The van der Waals surface area contributed by atoms with Crippen LogP contribution in [0.3, 0.4) is 0 Å². The second kappa shape index (κ2) is 20.2. The van der Waals surface area contributed by atoms with Gasteiger partial charge in [0.2, 0.25) is 0 Å². The van der Waals surface area contributed by atoms with Crippen LogP contribution in [0, 0.1) is 11.6 Å². The minimum Gasteiger partial charge on any atom is -0.423 e. The van der Waals surface area contributed by atoms with E-state index in [9.17, 15) is 52.0 Å². The maximum atomic E-state index is 13.8. The molecule has 286 valence electrons. The minimum absolute atomic E-state index is 0. The fraction of sp³-hybridized carbons (Fsp3) is 0.172. The number of halogens is 11. The van der Waals surface area contributed by atoms with Gasteiger partial charge in [0.05, 0.1) is 0 Å². The topological polar surface area (TPSA) is 127 Å². The van der Waals surface area contributed by atoms with Crippen molar-refractivity contribution in [3.8, 4) is 22.6 Å². The van der Waals surface area contributed by atoms with E-state index in [1.54, 1.807) is 48.5 Å². The lowest BCUT2D eigenvalue weighted by molar-refractivity contribution is -0.0505. The Morgan fingerprint density at radius 1 is 0.608 bits per heavy atom. The van der Waals surface area contributed by atoms with Crippen LogP contribution in [0.4, 0.5) is 35.1 Å². The molecule has 0 saturated heterocycles. The third-order valence-corrected chi connectivity index (χ3v) is 8.07. The fourth-order valence-corrected chi connectivity index (χ4v) is 4.42. The van der Waals surface area contributed by atoms with Crippen molar-refractivity contribution in [2.75, 3.05) is 0 Å². The molecule has 51 heavy (non-hydrogen) atoms. The van der Waals surface area contributed by atoms with Crippen molar-refractivity contribution in [2.24, 2.45) is 0 Å². The van der Waals surface area contributed by atoms with Gasteiger partial charge in [-0.05, 0) is 71.2 Å². The Balaban J connectivity index is -0.000000710. The average Bonchev–Trinajstić information content (AvgIpc) is 2.96. The van der Waals surface area contributed by atoms with E-state index in [1.807, 2.05) is 0 Å². The molecule has 0 aliphatic rings. The summed E-state index contributed by atoms with van der Waals surface area (Å²) in [6, 6.07) is 18.2. The molecule has 4 rings (SSSR count). The Morgan fingerprint density at radius 3 is 1.31 bits per heavy atom. The highest BCUT2D eigenvalue weighted by atomic mass is 79.9. The Morgan fingerprint density at radius 2 is 0.961 bits per heavy atom. The van der Waals surface area contributed by atoms with Gasteiger partial charge in [0.15, 0.2) is 23.1 Å². The molecular weight excluding hydrogens is 854 g/mol. The van der Waals surface area contributed by atoms with Crippen LogP contribution in [0.2, 0.25) is 10.0 Å². The van der Waals surface area contributed by atoms with Gasteiger partial charge in [-0.2, -0.15) is 43.2 Å². The molecule has 0 spiro atoms. The van der Waals surface area contributed by atoms with E-state index in [4.69, 9.17) is 33.2 Å². The maximum Gasteiger partial charge on any atom is 0.534 e. The van der Waals surface area contributed by atoms with E-state index >= 15 is 0 Å². The summed E-state index contributed by atoms with van der Waals surface area (Å²) in [7, 11) is -13.2. The molecule has 0 unspecified atom stereocenters. The molecule has 0 fully saturated rings. The number of rotatable bonds is 6. The summed E-state index contributed by atoms with van der Waals surface area (Å²) in [4.78, 5) is 0. The maximum absolute atomic E-state index is 13.8. The normalized spacial score (nSPS) is 11.1. The van der Waals surface area contributed by atoms with Crippen molar-refractivity contribution in [2.45, 2.75) is 33.3 Å². The molecule has 0 saturated carbocycles. The number of alkyl halides is 6. The molecule has 2 N–H and O–H groups in total. The van der Waals surface area contributed by atoms with Gasteiger partial charge < -0.3 is 18.4 Å². The monoisotopic (exact) mass is 883 g/mol. The van der Waals surface area contributed by atoms with Crippen molar-refractivity contribution >= 4 is 71.9 Å². The van der Waals surface area contributed by atoms with Gasteiger partial charge in [0, 0.05) is 15.9 Å². The predicted octanol–water partition coefficient (Wildman–Crippen LogP) is 9.37. The molecule has 0 atom stereocenters. The number of hydrogen-bond donors (Lipinski definition) is 2. The van der Waals surface area contributed by atoms with Crippen molar-refractivity contribution in [1.29, 1.82) is 0 Å². The Hall–Kier alpha value is -3.14. The number of hydrogen-bond acceptors (Lipinski definition) is 8. The molecule has 0 bridgehead atoms. The van der Waals surface area contributed by atoms with Crippen LogP contribution in [0.25, 0.3) is 11.1 Å². The van der Waals surface area contributed by atoms with Gasteiger partial charge in [0.1, 0.15) is 0 Å². The Bertz CT molecular complexity index is 1920. The standard InChI is InChI=1S/C13H7ClF4O3S.C7H3BrF4O3S.C6H6BClO2.3CH4.H2/c14-10-4-1-8(2-5-10)9-3-6-12(11(15)7-9)21-22(19,20)13(16,17)18;8-4-1-2-6(5(9)3-4)15-16(13,14)7(10,11)12;8-6-3-1-5(2-4-6)7(9)10;;;;/h1-7H;1-3H;1-4,9-10H;3*1H4;1H/i;;;;;;1+1. The smallest absolute Gasteiger partial charge is 0.423 e. The molecule has 0 aromatic heterocycles. The molecule has 0 heterocycles. The van der Waals surface area contributed by atoms with Crippen LogP contribution in [0.1, 0.15) is 23.7 Å². The van der Waals surface area contributed by atoms with Gasteiger partial charge in [-0.3, -0.25) is 0 Å². The Labute approximate surface area is 309 Å². The molecule has 0 aliphatic heterocycles. The van der Waals surface area contributed by atoms with Crippen LogP contribution in [-0.2, 0) is 20.2 Å². The zero-order chi connectivity index (χ0) is 36.7. The van der Waals surface area contributed by atoms with Crippen molar-refractivity contribution < 1.29 is 71.8 Å². The van der Waals surface area contributed by atoms with E-state index in [-0.39, 0.29) is 28.2 Å². The second-order valence-corrected chi connectivity index (χ2v) is 13.5. The van der Waals surface area contributed by atoms with Crippen molar-refractivity contribution in [3.63, 3.8) is 0 Å². The zero-order valence-corrected chi connectivity index (χ0v) is 27.7. The molecule has 0 radical (unpaired) electrons. The van der Waals surface area contributed by atoms with Crippen LogP contribution in [-0.4, -0.2) is 45.0 Å². The largest absolute Gasteiger partial charge is 0.534 e. The summed E-state index contributed by atoms with van der Waals surface area (Å²) in [5.74, 6) is -4.50. The molecule has 22 heteroatoms. The highest BCUT2D eigenvalue weighted by Gasteiger charge is 2.49. The first-order valence-electron chi connectivity index (χ1n) is 12.1. The molecule has 4 aromatic rings. The first-order chi connectivity index (χ1) is 21.9. The first-order valence-corrected chi connectivity index (χ1v) is 16.4. The summed E-state index contributed by atoms with van der Waals surface area (Å²) in [6.45, 7) is 0. The lowest BCUT2D eigenvalue weighted by Crippen LogP contribution is -2.29. The minimum atomic E-state index is -5.91. The van der Waals surface area contributed by atoms with Gasteiger partial charge >= 0.3 is 38.4 Å². The van der Waals surface area contributed by atoms with E-state index in [1.165, 1.54) is 6.07 Å². The summed E-state index contributed by atoms with van der Waals surface area (Å²) in [5, 5.41) is 18.3. The molecule has 8 nitrogen and oxygen atoms in total. The lowest BCUT2D eigenvalue weighted by atomic mass is 9.81. The average molecular weight is 885 g/mol. The fourth-order valence-electron chi connectivity index (χ4n) is 2.90. The SMILES string of the molecule is C.C.C.O=S(=O)(Oc1ccc(-c2ccc(Cl)cc2)cc1F)C(F)(F)F.O=S(=O)(Oc1ccc(Br)cc1F)C(F)(F)F.OB(O)c1ccc(Cl)cc1.[2HH]. The van der Waals surface area contributed by atoms with Crippen LogP contribution >= 0.6 is 39.1 Å². The van der Waals surface area contributed by atoms with Crippen LogP contribution < -0.4 is 13.8 Å². The van der Waals surface area contributed by atoms with E-state index in [0.29, 0.717) is 26.6 Å². The van der Waals surface area contributed by atoms with Crippen LogP contribution in [0.15, 0.2) is 89.4 Å². The molecule has 0 aliphatic carbocycles. The summed E-state index contributed by atoms with van der Waals surface area (Å²) >= 11 is 14.1. The van der Waals surface area contributed by atoms with Gasteiger partial charge in [-0.1, -0.05) is 91.7 Å².